The Morgan fingerprint density at radius 2 is 0.233 bits per heavy atom. The molecule has 0 N–H and O–H groups in total. The van der Waals surface area contributed by atoms with Crippen LogP contribution in [0.4, 0.5) is 0 Å². The summed E-state index contributed by atoms with van der Waals surface area (Å²) in [6.45, 7) is 0. The predicted molar refractivity (Wildman–Crippen MR) is 313 cm³/mol. The Bertz CT molecular complexity index is 7410. The first-order chi connectivity index (χ1) is 36.5. The minimum absolute atomic E-state index is 0.569. The summed E-state index contributed by atoms with van der Waals surface area (Å²) in [6.07, 6.45) is 0. The number of hydrogen-bond donors (Lipinski definition) is 0. The molecule has 32 aromatic carbocycles. The van der Waals surface area contributed by atoms with E-state index in [1.54, 1.807) is 324 Å². The van der Waals surface area contributed by atoms with E-state index in [9.17, 15) is 0 Å². The molecule has 0 saturated carbocycles. The summed E-state index contributed by atoms with van der Waals surface area (Å²) < 4.78 is 0. The lowest BCUT2D eigenvalue weighted by Gasteiger charge is -2.42. The molecular weight excluding hydrogens is 877 g/mol. The first kappa shape index (κ1) is 27.3. The smallest absolute Gasteiger partial charge is 0.0622 e. The topological polar surface area (TPSA) is 0 Å². The van der Waals surface area contributed by atoms with Crippen LogP contribution >= 0.6 is 0 Å². The molecule has 1 aliphatic carbocycles. The average Bonchev–Trinajstić information content (AvgIpc) is 3.35. The molecule has 0 bridgehead atoms. The molecule has 0 atom stereocenters. The SMILES string of the molecule is c1ccc(C2(c3ccccc3)c3c4c5c6c2c2c7c8c3c3c9c4c4c%10c5c5c%11c6c6c2c2c7c7c%12c8c3c3c8c9c4c4c9c%10c5c5c%10c%11c6c6c2c2c7c7c%12c3c3c8c4c4c9c5c5c%10c6c2c2c7c3c4c52)cc1. The van der Waals surface area contributed by atoms with Crippen molar-refractivity contribution in [3.8, 4) is 0 Å². The normalized spacial score (nSPS) is 17.7. The first-order valence-corrected chi connectivity index (χ1v) is 27.1. The van der Waals surface area contributed by atoms with Crippen LogP contribution < -0.4 is 0 Å². The van der Waals surface area contributed by atoms with Crippen LogP contribution in [-0.2, 0) is 5.41 Å². The Kier molecular flexibility index (Phi) is 2.40. The molecular formula is C73H10. The van der Waals surface area contributed by atoms with E-state index in [0.29, 0.717) is 0 Å². The van der Waals surface area contributed by atoms with Gasteiger partial charge in [0.25, 0.3) is 0 Å². The molecule has 32 aromatic rings. The summed E-state index contributed by atoms with van der Waals surface area (Å²) in [6, 6.07) is 24.3. The lowest BCUT2D eigenvalue weighted by atomic mass is 9.58. The monoisotopic (exact) mass is 886 g/mol. The highest BCUT2D eigenvalue weighted by Crippen LogP contribution is 2.81. The van der Waals surface area contributed by atoms with E-state index in [0.717, 1.165) is 0 Å². The summed E-state index contributed by atoms with van der Waals surface area (Å²) in [5, 5.41) is 94.8. The quantitative estimate of drug-likeness (QED) is 0.152. The van der Waals surface area contributed by atoms with Gasteiger partial charge in [0.1, 0.15) is 0 Å². The van der Waals surface area contributed by atoms with Crippen molar-refractivity contribution in [3.63, 3.8) is 0 Å². The molecule has 0 radical (unpaired) electrons. The van der Waals surface area contributed by atoms with E-state index in [4.69, 9.17) is 0 Å². The summed E-state index contributed by atoms with van der Waals surface area (Å²) in [7, 11) is 0. The fraction of sp³-hybridized carbons (Fsp3) is 0.0137. The third-order valence-electron chi connectivity index (χ3n) is 25.4. The van der Waals surface area contributed by atoms with Crippen LogP contribution in [0.25, 0.3) is 312 Å². The third-order valence-corrected chi connectivity index (χ3v) is 25.4. The van der Waals surface area contributed by atoms with Gasteiger partial charge < -0.3 is 0 Å². The maximum Gasteiger partial charge on any atom is 0.0726 e. The largest absolute Gasteiger partial charge is 0.0726 e. The Morgan fingerprint density at radius 3 is 0.370 bits per heavy atom. The van der Waals surface area contributed by atoms with Gasteiger partial charge in [-0.1, -0.05) is 60.7 Å². The zero-order valence-electron chi connectivity index (χ0n) is 37.3. The van der Waals surface area contributed by atoms with Gasteiger partial charge in [0.05, 0.1) is 5.41 Å². The van der Waals surface area contributed by atoms with E-state index < -0.39 is 5.41 Å². The Balaban J connectivity index is 1.20. The second-order valence-corrected chi connectivity index (χ2v) is 26.0. The predicted octanol–water partition coefficient (Wildman–Crippen LogP) is 20.4. The highest BCUT2D eigenvalue weighted by atomic mass is 14.6. The van der Waals surface area contributed by atoms with Crippen LogP contribution in [0, 0.1) is 0 Å². The van der Waals surface area contributed by atoms with Crippen LogP contribution in [-0.4, -0.2) is 0 Å². The highest BCUT2D eigenvalue weighted by Gasteiger charge is 2.56. The molecule has 73 heavy (non-hydrogen) atoms. The molecule has 0 unspecified atom stereocenters. The van der Waals surface area contributed by atoms with E-state index in [1.165, 1.54) is 11.1 Å². The van der Waals surface area contributed by atoms with E-state index in [2.05, 4.69) is 60.7 Å². The van der Waals surface area contributed by atoms with Gasteiger partial charge in [0.15, 0.2) is 0 Å². The van der Waals surface area contributed by atoms with Gasteiger partial charge in [-0.05, 0) is 335 Å². The lowest BCUT2D eigenvalue weighted by molar-refractivity contribution is 0.775. The maximum atomic E-state index is 2.56. The van der Waals surface area contributed by atoms with Gasteiger partial charge in [0.2, 0.25) is 0 Å². The fourth-order valence-electron chi connectivity index (χ4n) is 25.0. The maximum absolute atomic E-state index is 2.56. The number of hydrogen-bond acceptors (Lipinski definition) is 0. The zero-order valence-corrected chi connectivity index (χ0v) is 37.3. The highest BCUT2D eigenvalue weighted by molar-refractivity contribution is 6.84. The summed E-state index contributed by atoms with van der Waals surface area (Å²) >= 11 is 0. The summed E-state index contributed by atoms with van der Waals surface area (Å²) in [5.74, 6) is 0. The second kappa shape index (κ2) is 6.41. The zero-order chi connectivity index (χ0) is 43.4. The van der Waals surface area contributed by atoms with E-state index in [-0.39, 0.29) is 0 Å². The second-order valence-electron chi connectivity index (χ2n) is 26.0. The summed E-state index contributed by atoms with van der Waals surface area (Å²) in [5.41, 5.74) is 5.53. The molecule has 0 heterocycles. The van der Waals surface area contributed by atoms with Crippen LogP contribution in [0.5, 0.6) is 0 Å². The van der Waals surface area contributed by atoms with Crippen molar-refractivity contribution < 1.29 is 0 Å². The standard InChI is InChI=1S/C73H10/c1-3-7-11(8-4-1)73(12-9-5-2-6-10-12)71-67-60-53-41-33-24-15-13-14-16-19(15)28-35(33)43-44-36(28)34-25(16)27-23-18(14)21-20-17(13)22-26(24)39(41)47-45-31(22)29(20)37-38-30(21)32(23)46-48-40(27)42(34)54-56(44)65(64(67)55(43)53)68-61(54)59(48)63-52(46)50(38)57-49(37)51(45)62(58(47)60)69(71)66(57)70(63)72(68)73/h1-10H. The van der Waals surface area contributed by atoms with Crippen molar-refractivity contribution in [2.75, 3.05) is 0 Å². The fourth-order valence-corrected chi connectivity index (χ4v) is 25.0. The van der Waals surface area contributed by atoms with Crippen LogP contribution in [0.1, 0.15) is 22.3 Å². The molecule has 0 heteroatoms. The molecule has 0 aromatic heterocycles. The third kappa shape index (κ3) is 1.54. The average molecular weight is 887 g/mol. The van der Waals surface area contributed by atoms with Crippen molar-refractivity contribution in [1.82, 2.24) is 0 Å². The molecule has 0 fully saturated rings. The Hall–Kier alpha value is -9.36. The van der Waals surface area contributed by atoms with Crippen molar-refractivity contribution in [2.45, 2.75) is 5.41 Å². The van der Waals surface area contributed by atoms with Crippen LogP contribution in [0.3, 0.4) is 0 Å². The van der Waals surface area contributed by atoms with Crippen molar-refractivity contribution in [3.05, 3.63) is 82.9 Å². The molecule has 0 spiro atoms. The minimum atomic E-state index is -0.569. The van der Waals surface area contributed by atoms with E-state index >= 15 is 0 Å². The molecule has 0 saturated heterocycles. The Morgan fingerprint density at radius 1 is 0.123 bits per heavy atom. The molecule has 302 valence electrons. The summed E-state index contributed by atoms with van der Waals surface area (Å²) in [4.78, 5) is 0. The first-order valence-electron chi connectivity index (χ1n) is 27.1. The number of fused-ring (bicyclic) bond motifs is 5. The van der Waals surface area contributed by atoms with Gasteiger partial charge in [0, 0.05) is 0 Å². The minimum Gasteiger partial charge on any atom is -0.0622 e. The molecule has 0 nitrogen and oxygen atoms in total. The number of benzene rings is 21. The van der Waals surface area contributed by atoms with Crippen LogP contribution in [0.15, 0.2) is 60.7 Å². The molecule has 1 aliphatic rings. The number of rotatable bonds is 2. The van der Waals surface area contributed by atoms with Crippen LogP contribution in [0.2, 0.25) is 0 Å². The van der Waals surface area contributed by atoms with Crippen molar-refractivity contribution in [1.29, 1.82) is 0 Å². The lowest BCUT2D eigenvalue weighted by Crippen LogP contribution is -2.33. The van der Waals surface area contributed by atoms with Gasteiger partial charge >= 0.3 is 0 Å². The van der Waals surface area contributed by atoms with Crippen molar-refractivity contribution in [2.24, 2.45) is 0 Å². The van der Waals surface area contributed by atoms with Gasteiger partial charge in [-0.15, -0.1) is 0 Å². The van der Waals surface area contributed by atoms with Gasteiger partial charge in [-0.25, -0.2) is 0 Å². The molecule has 33 rings (SSSR count). The van der Waals surface area contributed by atoms with Crippen molar-refractivity contribution >= 4 is 312 Å². The van der Waals surface area contributed by atoms with Gasteiger partial charge in [-0.2, -0.15) is 0 Å². The Labute approximate surface area is 398 Å². The van der Waals surface area contributed by atoms with Gasteiger partial charge in [-0.3, -0.25) is 0 Å². The van der Waals surface area contributed by atoms with E-state index in [1.807, 2.05) is 0 Å². The molecule has 0 aliphatic heterocycles. The molecule has 0 amide bonds.